The van der Waals surface area contributed by atoms with Crippen LogP contribution in [0.1, 0.15) is 23.7 Å². The average Bonchev–Trinajstić information content (AvgIpc) is 2.41. The number of amidine groups is 1. The molecule has 19 heavy (non-hydrogen) atoms. The Kier molecular flexibility index (Phi) is 5.75. The summed E-state index contributed by atoms with van der Waals surface area (Å²) in [6.07, 6.45) is 0.228. The zero-order chi connectivity index (χ0) is 14.4. The van der Waals surface area contributed by atoms with Crippen molar-refractivity contribution in [2.75, 3.05) is 13.1 Å². The topological polar surface area (TPSA) is 78.9 Å². The molecule has 0 bridgehead atoms. The lowest BCUT2D eigenvalue weighted by molar-refractivity contribution is 0.0763. The molecule has 1 aromatic carbocycles. The van der Waals surface area contributed by atoms with Gasteiger partial charge in [-0.3, -0.25) is 4.79 Å². The number of nitrogens with zero attached hydrogens (tertiary/aromatic N) is 2. The van der Waals surface area contributed by atoms with E-state index in [1.165, 1.54) is 17.0 Å². The van der Waals surface area contributed by atoms with E-state index in [0.717, 1.165) is 0 Å². The van der Waals surface area contributed by atoms with Crippen LogP contribution in [0.3, 0.4) is 0 Å². The second-order valence-electron chi connectivity index (χ2n) is 3.83. The molecular weight excluding hydrogens is 317 g/mol. The van der Waals surface area contributed by atoms with Gasteiger partial charge in [-0.2, -0.15) is 0 Å². The molecule has 5 nitrogen and oxygen atoms in total. The van der Waals surface area contributed by atoms with Crippen molar-refractivity contribution in [1.29, 1.82) is 0 Å². The molecule has 7 heteroatoms. The maximum atomic E-state index is 13.8. The zero-order valence-electron chi connectivity index (χ0n) is 10.4. The van der Waals surface area contributed by atoms with E-state index < -0.39 is 11.7 Å². The summed E-state index contributed by atoms with van der Waals surface area (Å²) in [5.41, 5.74) is 5.35. The minimum absolute atomic E-state index is 0.00395. The van der Waals surface area contributed by atoms with E-state index in [4.69, 9.17) is 10.9 Å². The van der Waals surface area contributed by atoms with Crippen LogP contribution in [-0.4, -0.2) is 34.9 Å². The number of carbonyl (C=O) groups is 1. The fraction of sp³-hybridized carbons (Fsp3) is 0.333. The van der Waals surface area contributed by atoms with Gasteiger partial charge in [0, 0.05) is 19.5 Å². The van der Waals surface area contributed by atoms with Crippen molar-refractivity contribution in [3.8, 4) is 0 Å². The lowest BCUT2D eigenvalue weighted by atomic mass is 10.2. The highest BCUT2D eigenvalue weighted by atomic mass is 79.9. The number of oxime groups is 1. The highest BCUT2D eigenvalue weighted by Gasteiger charge is 2.19. The van der Waals surface area contributed by atoms with E-state index in [9.17, 15) is 9.18 Å². The fourth-order valence-corrected chi connectivity index (χ4v) is 1.91. The monoisotopic (exact) mass is 331 g/mol. The minimum Gasteiger partial charge on any atom is -0.409 e. The molecule has 0 saturated carbocycles. The molecule has 1 aromatic rings. The molecule has 0 radical (unpaired) electrons. The first-order valence-corrected chi connectivity index (χ1v) is 6.50. The summed E-state index contributed by atoms with van der Waals surface area (Å²) in [5.74, 6) is -0.984. The van der Waals surface area contributed by atoms with E-state index in [2.05, 4.69) is 21.1 Å². The Morgan fingerprint density at radius 1 is 1.58 bits per heavy atom. The van der Waals surface area contributed by atoms with Crippen LogP contribution in [0.2, 0.25) is 0 Å². The molecule has 1 rings (SSSR count). The second kappa shape index (κ2) is 7.08. The number of rotatable bonds is 5. The second-order valence-corrected chi connectivity index (χ2v) is 4.68. The first-order valence-electron chi connectivity index (χ1n) is 5.71. The largest absolute Gasteiger partial charge is 0.409 e. The van der Waals surface area contributed by atoms with Crippen LogP contribution < -0.4 is 5.73 Å². The van der Waals surface area contributed by atoms with E-state index in [0.29, 0.717) is 6.54 Å². The third kappa shape index (κ3) is 3.92. The van der Waals surface area contributed by atoms with Crippen LogP contribution in [0.5, 0.6) is 0 Å². The number of carbonyl (C=O) groups excluding carboxylic acids is 1. The van der Waals surface area contributed by atoms with Gasteiger partial charge in [-0.1, -0.05) is 11.2 Å². The Hall–Kier alpha value is -1.63. The number of nitrogens with two attached hydrogens (primary N) is 1. The molecular formula is C12H15BrFN3O2. The molecule has 0 heterocycles. The van der Waals surface area contributed by atoms with Gasteiger partial charge in [0.1, 0.15) is 11.7 Å². The first-order chi connectivity index (χ1) is 9.01. The molecule has 1 amide bonds. The normalized spacial score (nSPS) is 11.4. The predicted octanol–water partition coefficient (Wildman–Crippen LogP) is 2.19. The van der Waals surface area contributed by atoms with Gasteiger partial charge in [0.05, 0.1) is 10.0 Å². The molecule has 0 aliphatic heterocycles. The Balaban J connectivity index is 2.87. The van der Waals surface area contributed by atoms with Gasteiger partial charge in [0.2, 0.25) is 0 Å². The highest BCUT2D eigenvalue weighted by molar-refractivity contribution is 9.10. The molecule has 0 aliphatic rings. The molecule has 0 aromatic heterocycles. The van der Waals surface area contributed by atoms with Gasteiger partial charge < -0.3 is 15.8 Å². The van der Waals surface area contributed by atoms with E-state index in [1.54, 1.807) is 13.0 Å². The summed E-state index contributed by atoms with van der Waals surface area (Å²) < 4.78 is 14.1. The number of benzene rings is 1. The van der Waals surface area contributed by atoms with Crippen molar-refractivity contribution in [2.45, 2.75) is 13.3 Å². The summed E-state index contributed by atoms with van der Waals surface area (Å²) in [6.45, 7) is 2.45. The fourth-order valence-electron chi connectivity index (χ4n) is 1.54. The van der Waals surface area contributed by atoms with Gasteiger partial charge >= 0.3 is 0 Å². The first kappa shape index (κ1) is 15.4. The van der Waals surface area contributed by atoms with E-state index in [1.807, 2.05) is 0 Å². The Labute approximate surface area is 119 Å². The lowest BCUT2D eigenvalue weighted by Gasteiger charge is -2.21. The van der Waals surface area contributed by atoms with Crippen molar-refractivity contribution in [1.82, 2.24) is 4.90 Å². The molecule has 104 valence electrons. The predicted molar refractivity (Wildman–Crippen MR) is 73.7 cm³/mol. The van der Waals surface area contributed by atoms with Crippen LogP contribution >= 0.6 is 15.9 Å². The lowest BCUT2D eigenvalue weighted by Crippen LogP contribution is -2.34. The maximum absolute atomic E-state index is 13.8. The highest BCUT2D eigenvalue weighted by Crippen LogP contribution is 2.20. The van der Waals surface area contributed by atoms with Crippen molar-refractivity contribution < 1.29 is 14.4 Å². The molecule has 3 N–H and O–H groups in total. The third-order valence-electron chi connectivity index (χ3n) is 2.62. The maximum Gasteiger partial charge on any atom is 0.256 e. The third-order valence-corrected chi connectivity index (χ3v) is 3.23. The Morgan fingerprint density at radius 3 is 2.84 bits per heavy atom. The molecule has 0 unspecified atom stereocenters. The molecule has 0 fully saturated rings. The van der Waals surface area contributed by atoms with E-state index in [-0.39, 0.29) is 28.8 Å². The van der Waals surface area contributed by atoms with Gasteiger partial charge in [0.15, 0.2) is 0 Å². The molecule has 0 atom stereocenters. The molecule has 0 spiro atoms. The van der Waals surface area contributed by atoms with E-state index >= 15 is 0 Å². The van der Waals surface area contributed by atoms with Crippen molar-refractivity contribution in [2.24, 2.45) is 10.9 Å². The van der Waals surface area contributed by atoms with Gasteiger partial charge in [0.25, 0.3) is 5.91 Å². The summed E-state index contributed by atoms with van der Waals surface area (Å²) in [4.78, 5) is 13.6. The average molecular weight is 332 g/mol. The van der Waals surface area contributed by atoms with Crippen LogP contribution in [0.15, 0.2) is 27.8 Å². The summed E-state index contributed by atoms with van der Waals surface area (Å²) in [7, 11) is 0. The summed E-state index contributed by atoms with van der Waals surface area (Å²) >= 11 is 3.04. The summed E-state index contributed by atoms with van der Waals surface area (Å²) in [5, 5.41) is 11.3. The van der Waals surface area contributed by atoms with Crippen LogP contribution in [0, 0.1) is 5.82 Å². The van der Waals surface area contributed by atoms with Crippen molar-refractivity contribution >= 4 is 27.7 Å². The van der Waals surface area contributed by atoms with Crippen LogP contribution in [0.25, 0.3) is 0 Å². The minimum atomic E-state index is -0.588. The SMILES string of the molecule is CCN(CC/C(N)=N/O)C(=O)c1cccc(Br)c1F. The van der Waals surface area contributed by atoms with Crippen molar-refractivity contribution in [3.05, 3.63) is 34.1 Å². The smallest absolute Gasteiger partial charge is 0.256 e. The molecule has 0 aliphatic carbocycles. The number of hydrogen-bond donors (Lipinski definition) is 2. The standard InChI is InChI=1S/C12H15BrFN3O2/c1-2-17(7-6-10(15)16-19)12(18)8-4-3-5-9(13)11(8)14/h3-5,19H,2,6-7H2,1H3,(H2,15,16). The van der Waals surface area contributed by atoms with Crippen molar-refractivity contribution in [3.63, 3.8) is 0 Å². The number of hydrogen-bond acceptors (Lipinski definition) is 3. The molecule has 0 saturated heterocycles. The number of halogens is 2. The Bertz CT molecular complexity index is 494. The van der Waals surface area contributed by atoms with Gasteiger partial charge in [-0.05, 0) is 35.0 Å². The van der Waals surface area contributed by atoms with Gasteiger partial charge in [-0.15, -0.1) is 0 Å². The quantitative estimate of drug-likeness (QED) is 0.375. The zero-order valence-corrected chi connectivity index (χ0v) is 12.0. The van der Waals surface area contributed by atoms with Crippen LogP contribution in [0.4, 0.5) is 4.39 Å². The van der Waals surface area contributed by atoms with Crippen LogP contribution in [-0.2, 0) is 0 Å². The Morgan fingerprint density at radius 2 is 2.26 bits per heavy atom. The summed E-state index contributed by atoms with van der Waals surface area (Å²) in [6, 6.07) is 4.55. The van der Waals surface area contributed by atoms with Gasteiger partial charge in [-0.25, -0.2) is 4.39 Å². The number of amides is 1.